The standard InChI is InChI=1S/C13H15ClN2O3/c14-10-5-6-12(16(18)19)11(9-10)13(17)15-7-3-1-2-4-8-15/h5-6,9H,1-4,7-8H2. The van der Waals surface area contributed by atoms with Crippen molar-refractivity contribution in [1.29, 1.82) is 0 Å². The van der Waals surface area contributed by atoms with Crippen molar-refractivity contribution >= 4 is 23.2 Å². The third-order valence-corrected chi connectivity index (χ3v) is 3.51. The number of carbonyl (C=O) groups is 1. The van der Waals surface area contributed by atoms with E-state index < -0.39 is 4.92 Å². The highest BCUT2D eigenvalue weighted by Gasteiger charge is 2.25. The van der Waals surface area contributed by atoms with Gasteiger partial charge < -0.3 is 4.90 Å². The average molecular weight is 283 g/mol. The smallest absolute Gasteiger partial charge is 0.282 e. The highest BCUT2D eigenvalue weighted by Crippen LogP contribution is 2.25. The molecule has 0 spiro atoms. The van der Waals surface area contributed by atoms with E-state index in [-0.39, 0.29) is 17.2 Å². The Hall–Kier alpha value is -1.62. The van der Waals surface area contributed by atoms with Crippen LogP contribution in [-0.4, -0.2) is 28.8 Å². The van der Waals surface area contributed by atoms with Gasteiger partial charge in [0.1, 0.15) is 5.56 Å². The van der Waals surface area contributed by atoms with Crippen LogP contribution in [0.25, 0.3) is 0 Å². The number of amides is 1. The molecule has 5 nitrogen and oxygen atoms in total. The van der Waals surface area contributed by atoms with E-state index in [1.807, 2.05) is 0 Å². The molecule has 102 valence electrons. The molecule has 0 bridgehead atoms. The molecule has 1 aliphatic heterocycles. The van der Waals surface area contributed by atoms with E-state index in [2.05, 4.69) is 0 Å². The van der Waals surface area contributed by atoms with Gasteiger partial charge in [-0.05, 0) is 25.0 Å². The van der Waals surface area contributed by atoms with Crippen LogP contribution in [0.4, 0.5) is 5.69 Å². The van der Waals surface area contributed by atoms with Gasteiger partial charge in [-0.25, -0.2) is 0 Å². The first kappa shape index (κ1) is 13.8. The van der Waals surface area contributed by atoms with Crippen LogP contribution in [0.3, 0.4) is 0 Å². The zero-order chi connectivity index (χ0) is 13.8. The van der Waals surface area contributed by atoms with Gasteiger partial charge >= 0.3 is 0 Å². The number of carbonyl (C=O) groups excluding carboxylic acids is 1. The molecule has 0 aromatic heterocycles. The van der Waals surface area contributed by atoms with Crippen molar-refractivity contribution in [3.8, 4) is 0 Å². The van der Waals surface area contributed by atoms with Crippen molar-refractivity contribution in [3.05, 3.63) is 38.9 Å². The maximum absolute atomic E-state index is 12.4. The summed E-state index contributed by atoms with van der Waals surface area (Å²) < 4.78 is 0. The van der Waals surface area contributed by atoms with Gasteiger partial charge in [0, 0.05) is 24.2 Å². The summed E-state index contributed by atoms with van der Waals surface area (Å²) in [5.74, 6) is -0.295. The van der Waals surface area contributed by atoms with E-state index in [1.165, 1.54) is 18.2 Å². The molecule has 0 N–H and O–H groups in total. The number of nitro benzene ring substituents is 1. The minimum atomic E-state index is -0.540. The fraction of sp³-hybridized carbons (Fsp3) is 0.462. The molecular weight excluding hydrogens is 268 g/mol. The van der Waals surface area contributed by atoms with Crippen LogP contribution in [0.5, 0.6) is 0 Å². The molecule has 0 aliphatic carbocycles. The van der Waals surface area contributed by atoms with Gasteiger partial charge in [0.25, 0.3) is 11.6 Å². The minimum absolute atomic E-state index is 0.0828. The number of hydrogen-bond acceptors (Lipinski definition) is 3. The maximum Gasteiger partial charge on any atom is 0.282 e. The maximum atomic E-state index is 12.4. The highest BCUT2D eigenvalue weighted by molar-refractivity contribution is 6.31. The van der Waals surface area contributed by atoms with E-state index in [9.17, 15) is 14.9 Å². The van der Waals surface area contributed by atoms with Gasteiger partial charge in [-0.15, -0.1) is 0 Å². The fourth-order valence-electron chi connectivity index (χ4n) is 2.28. The van der Waals surface area contributed by atoms with Crippen LogP contribution >= 0.6 is 11.6 Å². The van der Waals surface area contributed by atoms with Gasteiger partial charge in [-0.1, -0.05) is 24.4 Å². The molecule has 0 radical (unpaired) electrons. The van der Waals surface area contributed by atoms with E-state index in [0.717, 1.165) is 25.7 Å². The predicted octanol–water partition coefficient (Wildman–Crippen LogP) is 3.26. The zero-order valence-corrected chi connectivity index (χ0v) is 11.2. The first-order valence-electron chi connectivity index (χ1n) is 6.33. The number of hydrogen-bond donors (Lipinski definition) is 0. The fourth-order valence-corrected chi connectivity index (χ4v) is 2.45. The lowest BCUT2D eigenvalue weighted by Gasteiger charge is -2.20. The van der Waals surface area contributed by atoms with Gasteiger partial charge in [0.2, 0.25) is 0 Å². The predicted molar refractivity (Wildman–Crippen MR) is 72.5 cm³/mol. The lowest BCUT2D eigenvalue weighted by molar-refractivity contribution is -0.385. The molecule has 0 atom stereocenters. The van der Waals surface area contributed by atoms with Crippen LogP contribution in [0, 0.1) is 10.1 Å². The van der Waals surface area contributed by atoms with Gasteiger partial charge in [0.15, 0.2) is 0 Å². The van der Waals surface area contributed by atoms with Crippen molar-refractivity contribution in [3.63, 3.8) is 0 Å². The second kappa shape index (κ2) is 6.02. The summed E-state index contributed by atoms with van der Waals surface area (Å²) in [7, 11) is 0. The highest BCUT2D eigenvalue weighted by atomic mass is 35.5. The van der Waals surface area contributed by atoms with Crippen molar-refractivity contribution in [2.45, 2.75) is 25.7 Å². The Kier molecular flexibility index (Phi) is 4.37. The SMILES string of the molecule is O=C(c1cc(Cl)ccc1[N+](=O)[O-])N1CCCCCC1. The number of nitrogens with zero attached hydrogens (tertiary/aromatic N) is 2. The molecular formula is C13H15ClN2O3. The third-order valence-electron chi connectivity index (χ3n) is 3.28. The Morgan fingerprint density at radius 3 is 2.42 bits per heavy atom. The molecule has 1 aliphatic rings. The molecule has 1 aromatic rings. The minimum Gasteiger partial charge on any atom is -0.338 e. The summed E-state index contributed by atoms with van der Waals surface area (Å²) in [5, 5.41) is 11.3. The lowest BCUT2D eigenvalue weighted by atomic mass is 10.1. The quantitative estimate of drug-likeness (QED) is 0.618. The summed E-state index contributed by atoms with van der Waals surface area (Å²) in [6, 6.07) is 4.10. The molecule has 0 unspecified atom stereocenters. The topological polar surface area (TPSA) is 63.4 Å². The zero-order valence-electron chi connectivity index (χ0n) is 10.5. The number of halogens is 1. The second-order valence-corrected chi connectivity index (χ2v) is 5.06. The molecule has 19 heavy (non-hydrogen) atoms. The molecule has 2 rings (SSSR count). The van der Waals surface area contributed by atoms with Crippen LogP contribution in [0.15, 0.2) is 18.2 Å². The van der Waals surface area contributed by atoms with E-state index in [4.69, 9.17) is 11.6 Å². The molecule has 1 heterocycles. The van der Waals surface area contributed by atoms with Crippen LogP contribution in [-0.2, 0) is 0 Å². The summed E-state index contributed by atoms with van der Waals surface area (Å²) in [6.45, 7) is 1.31. The summed E-state index contributed by atoms with van der Waals surface area (Å²) in [5.41, 5.74) is -0.0990. The molecule has 0 saturated carbocycles. The molecule has 6 heteroatoms. The Balaban J connectivity index is 2.31. The second-order valence-electron chi connectivity index (χ2n) is 4.62. The molecule has 1 aromatic carbocycles. The monoisotopic (exact) mass is 282 g/mol. The summed E-state index contributed by atoms with van der Waals surface area (Å²) in [4.78, 5) is 24.5. The van der Waals surface area contributed by atoms with Crippen LogP contribution < -0.4 is 0 Å². The third kappa shape index (κ3) is 3.23. The number of rotatable bonds is 2. The van der Waals surface area contributed by atoms with Crippen molar-refractivity contribution in [2.24, 2.45) is 0 Å². The normalized spacial score (nSPS) is 15.9. The largest absolute Gasteiger partial charge is 0.338 e. The van der Waals surface area contributed by atoms with Crippen molar-refractivity contribution in [1.82, 2.24) is 4.90 Å². The van der Waals surface area contributed by atoms with E-state index in [1.54, 1.807) is 4.90 Å². The Bertz CT molecular complexity index is 497. The van der Waals surface area contributed by atoms with E-state index >= 15 is 0 Å². The first-order valence-corrected chi connectivity index (χ1v) is 6.70. The van der Waals surface area contributed by atoms with Crippen LogP contribution in [0.1, 0.15) is 36.0 Å². The summed E-state index contributed by atoms with van der Waals surface area (Å²) in [6.07, 6.45) is 4.09. The van der Waals surface area contributed by atoms with E-state index in [0.29, 0.717) is 18.1 Å². The molecule has 1 fully saturated rings. The number of benzene rings is 1. The van der Waals surface area contributed by atoms with Crippen LogP contribution in [0.2, 0.25) is 5.02 Å². The van der Waals surface area contributed by atoms with Crippen molar-refractivity contribution < 1.29 is 9.72 Å². The Morgan fingerprint density at radius 1 is 1.21 bits per heavy atom. The summed E-state index contributed by atoms with van der Waals surface area (Å²) >= 11 is 5.84. The number of nitro groups is 1. The van der Waals surface area contributed by atoms with Crippen molar-refractivity contribution in [2.75, 3.05) is 13.1 Å². The van der Waals surface area contributed by atoms with Gasteiger partial charge in [0.05, 0.1) is 4.92 Å². The van der Waals surface area contributed by atoms with Gasteiger partial charge in [-0.3, -0.25) is 14.9 Å². The molecule has 1 saturated heterocycles. The Morgan fingerprint density at radius 2 is 1.84 bits per heavy atom. The Labute approximate surface area is 116 Å². The van der Waals surface area contributed by atoms with Gasteiger partial charge in [-0.2, -0.15) is 0 Å². The molecule has 1 amide bonds. The first-order chi connectivity index (χ1) is 9.09. The number of likely N-dealkylation sites (tertiary alicyclic amines) is 1. The average Bonchev–Trinajstić information content (AvgIpc) is 2.66. The lowest BCUT2D eigenvalue weighted by Crippen LogP contribution is -2.32.